The van der Waals surface area contributed by atoms with Crippen LogP contribution < -0.4 is 0 Å². The van der Waals surface area contributed by atoms with Crippen molar-refractivity contribution in [2.24, 2.45) is 0 Å². The average Bonchev–Trinajstić information content (AvgIpc) is 2.88. The molecule has 0 amide bonds. The fourth-order valence-corrected chi connectivity index (χ4v) is 3.92. The van der Waals surface area contributed by atoms with Crippen LogP contribution in [0.5, 0.6) is 0 Å². The van der Waals surface area contributed by atoms with E-state index in [0.29, 0.717) is 0 Å². The molecule has 0 bridgehead atoms. The number of pyridine rings is 2. The molecule has 0 aliphatic heterocycles. The highest BCUT2D eigenvalue weighted by molar-refractivity contribution is 5.65. The van der Waals surface area contributed by atoms with Crippen molar-refractivity contribution in [2.75, 3.05) is 0 Å². The first-order chi connectivity index (χ1) is 14.4. The number of hydrogen-bond acceptors (Lipinski definition) is 2. The first-order valence-electron chi connectivity index (χ1n) is 10.1. The lowest BCUT2D eigenvalue weighted by Crippen LogP contribution is -2.00. The number of benzene rings is 2. The molecular weight excluding hydrogens is 352 g/mol. The SMILES string of the molecule is C1=C\c2cnc(-c3ccccc3)cc2Cc2cnc(-c3ccccc3)cc2CC/1. The second-order valence-corrected chi connectivity index (χ2v) is 7.46. The van der Waals surface area contributed by atoms with Gasteiger partial charge in [-0.25, -0.2) is 0 Å². The van der Waals surface area contributed by atoms with Crippen LogP contribution in [-0.4, -0.2) is 9.97 Å². The molecule has 0 unspecified atom stereocenters. The predicted molar refractivity (Wildman–Crippen MR) is 120 cm³/mol. The zero-order valence-corrected chi connectivity index (χ0v) is 16.3. The van der Waals surface area contributed by atoms with Gasteiger partial charge in [-0.05, 0) is 53.6 Å². The number of allylic oxidation sites excluding steroid dienone is 1. The van der Waals surface area contributed by atoms with Gasteiger partial charge in [0.05, 0.1) is 11.4 Å². The van der Waals surface area contributed by atoms with E-state index in [-0.39, 0.29) is 0 Å². The van der Waals surface area contributed by atoms with E-state index in [0.717, 1.165) is 36.2 Å². The molecule has 1 aliphatic rings. The summed E-state index contributed by atoms with van der Waals surface area (Å²) in [7, 11) is 0. The molecule has 0 N–H and O–H groups in total. The number of fused-ring (bicyclic) bond motifs is 2. The smallest absolute Gasteiger partial charge is 0.0705 e. The maximum atomic E-state index is 4.78. The lowest BCUT2D eigenvalue weighted by Gasteiger charge is -2.13. The highest BCUT2D eigenvalue weighted by Crippen LogP contribution is 2.27. The van der Waals surface area contributed by atoms with Gasteiger partial charge in [0, 0.05) is 23.5 Å². The van der Waals surface area contributed by atoms with Crippen molar-refractivity contribution in [3.63, 3.8) is 0 Å². The van der Waals surface area contributed by atoms with Crippen LogP contribution >= 0.6 is 0 Å². The molecule has 29 heavy (non-hydrogen) atoms. The average molecular weight is 374 g/mol. The third kappa shape index (κ3) is 3.74. The Morgan fingerprint density at radius 3 is 1.93 bits per heavy atom. The van der Waals surface area contributed by atoms with Gasteiger partial charge in [0.25, 0.3) is 0 Å². The molecule has 0 saturated carbocycles. The minimum Gasteiger partial charge on any atom is -0.256 e. The monoisotopic (exact) mass is 374 g/mol. The van der Waals surface area contributed by atoms with Gasteiger partial charge in [-0.3, -0.25) is 9.97 Å². The van der Waals surface area contributed by atoms with Gasteiger partial charge in [-0.2, -0.15) is 0 Å². The lowest BCUT2D eigenvalue weighted by atomic mass is 9.95. The number of hydrogen-bond donors (Lipinski definition) is 0. The Morgan fingerprint density at radius 2 is 1.24 bits per heavy atom. The summed E-state index contributed by atoms with van der Waals surface area (Å²) in [5.74, 6) is 0. The molecule has 2 heteroatoms. The summed E-state index contributed by atoms with van der Waals surface area (Å²) in [5.41, 5.74) is 9.57. The molecule has 4 aromatic rings. The van der Waals surface area contributed by atoms with E-state index >= 15 is 0 Å². The lowest BCUT2D eigenvalue weighted by molar-refractivity contribution is 0.966. The Labute approximate surface area is 171 Å². The second-order valence-electron chi connectivity index (χ2n) is 7.46. The molecule has 0 saturated heterocycles. The van der Waals surface area contributed by atoms with Crippen molar-refractivity contribution in [2.45, 2.75) is 19.3 Å². The largest absolute Gasteiger partial charge is 0.256 e. The fourth-order valence-electron chi connectivity index (χ4n) is 3.92. The van der Waals surface area contributed by atoms with Crippen LogP contribution in [0.4, 0.5) is 0 Å². The molecule has 2 aromatic heterocycles. The molecule has 0 spiro atoms. The zero-order chi connectivity index (χ0) is 19.5. The van der Waals surface area contributed by atoms with Crippen molar-refractivity contribution in [3.8, 4) is 22.5 Å². The molecular formula is C27H22N2. The van der Waals surface area contributed by atoms with Crippen LogP contribution in [0.2, 0.25) is 0 Å². The van der Waals surface area contributed by atoms with Gasteiger partial charge in [0.2, 0.25) is 0 Å². The van der Waals surface area contributed by atoms with E-state index in [1.54, 1.807) is 0 Å². The Hall–Kier alpha value is -3.52. The molecule has 2 nitrogen and oxygen atoms in total. The summed E-state index contributed by atoms with van der Waals surface area (Å²) in [4.78, 5) is 9.49. The summed E-state index contributed by atoms with van der Waals surface area (Å²) in [6, 6.07) is 25.3. The molecule has 1 aliphatic carbocycles. The highest BCUT2D eigenvalue weighted by atomic mass is 14.7. The molecule has 0 atom stereocenters. The Kier molecular flexibility index (Phi) is 4.75. The number of nitrogens with zero attached hydrogens (tertiary/aromatic N) is 2. The van der Waals surface area contributed by atoms with E-state index < -0.39 is 0 Å². The van der Waals surface area contributed by atoms with E-state index in [1.165, 1.54) is 27.8 Å². The summed E-state index contributed by atoms with van der Waals surface area (Å²) in [6.45, 7) is 0. The van der Waals surface area contributed by atoms with Gasteiger partial charge in [0.1, 0.15) is 0 Å². The van der Waals surface area contributed by atoms with E-state index in [4.69, 9.17) is 9.97 Å². The van der Waals surface area contributed by atoms with Gasteiger partial charge >= 0.3 is 0 Å². The van der Waals surface area contributed by atoms with Crippen LogP contribution in [0.15, 0.2) is 91.3 Å². The topological polar surface area (TPSA) is 25.8 Å². The van der Waals surface area contributed by atoms with Crippen molar-refractivity contribution in [3.05, 3.63) is 114 Å². The van der Waals surface area contributed by atoms with Gasteiger partial charge in [0.15, 0.2) is 0 Å². The summed E-state index contributed by atoms with van der Waals surface area (Å²) < 4.78 is 0. The minimum absolute atomic E-state index is 0.874. The molecule has 140 valence electrons. The van der Waals surface area contributed by atoms with Crippen LogP contribution in [0.3, 0.4) is 0 Å². The first kappa shape index (κ1) is 17.6. The van der Waals surface area contributed by atoms with Crippen molar-refractivity contribution >= 4 is 6.08 Å². The maximum absolute atomic E-state index is 4.78. The summed E-state index contributed by atoms with van der Waals surface area (Å²) >= 11 is 0. The van der Waals surface area contributed by atoms with Crippen LogP contribution in [0, 0.1) is 0 Å². The number of aromatic nitrogens is 2. The van der Waals surface area contributed by atoms with Crippen molar-refractivity contribution in [1.29, 1.82) is 0 Å². The molecule has 0 fully saturated rings. The van der Waals surface area contributed by atoms with Crippen LogP contribution in [-0.2, 0) is 12.8 Å². The van der Waals surface area contributed by atoms with Gasteiger partial charge in [-0.15, -0.1) is 0 Å². The zero-order valence-electron chi connectivity index (χ0n) is 16.3. The standard InChI is InChI=1S/C27H22N2/c1-3-9-20(10-4-1)26-16-22-13-7-8-14-23-18-28-27(21-11-5-2-6-12-21)17-24(23)15-25(22)19-29-26/h1-6,8-12,14,16-19H,7,13,15H2/b14-8-. The normalized spacial score (nSPS) is 14.1. The van der Waals surface area contributed by atoms with E-state index in [9.17, 15) is 0 Å². The predicted octanol–water partition coefficient (Wildman–Crippen LogP) is 6.36. The minimum atomic E-state index is 0.874. The quantitative estimate of drug-likeness (QED) is 0.408. The van der Waals surface area contributed by atoms with Gasteiger partial charge in [-0.1, -0.05) is 72.8 Å². The van der Waals surface area contributed by atoms with E-state index in [1.807, 2.05) is 18.3 Å². The molecule has 2 heterocycles. The van der Waals surface area contributed by atoms with Crippen molar-refractivity contribution < 1.29 is 0 Å². The Balaban J connectivity index is 1.55. The molecule has 5 rings (SSSR count). The van der Waals surface area contributed by atoms with E-state index in [2.05, 4.69) is 79.0 Å². The highest BCUT2D eigenvalue weighted by Gasteiger charge is 2.12. The second kappa shape index (κ2) is 7.84. The number of aryl methyl sites for hydroxylation is 1. The summed E-state index contributed by atoms with van der Waals surface area (Å²) in [6.07, 6.45) is 11.5. The third-order valence-electron chi connectivity index (χ3n) is 5.51. The third-order valence-corrected chi connectivity index (χ3v) is 5.51. The van der Waals surface area contributed by atoms with Crippen LogP contribution in [0.25, 0.3) is 28.6 Å². The number of rotatable bonds is 2. The molecule has 2 aromatic carbocycles. The fraction of sp³-hybridized carbons (Fsp3) is 0.111. The van der Waals surface area contributed by atoms with Crippen molar-refractivity contribution in [1.82, 2.24) is 9.97 Å². The maximum Gasteiger partial charge on any atom is 0.0705 e. The molecule has 0 radical (unpaired) electrons. The van der Waals surface area contributed by atoms with Gasteiger partial charge < -0.3 is 0 Å². The Morgan fingerprint density at radius 1 is 0.621 bits per heavy atom. The van der Waals surface area contributed by atoms with Crippen LogP contribution in [0.1, 0.15) is 28.7 Å². The first-order valence-corrected chi connectivity index (χ1v) is 10.1. The summed E-state index contributed by atoms with van der Waals surface area (Å²) in [5, 5.41) is 0. The Bertz CT molecular complexity index is 1160.